The number of carbonyl (C=O) groups excluding carboxylic acids is 1. The van der Waals surface area contributed by atoms with Crippen molar-refractivity contribution in [3.63, 3.8) is 0 Å². The fourth-order valence-electron chi connectivity index (χ4n) is 1.52. The van der Waals surface area contributed by atoms with Crippen molar-refractivity contribution in [2.45, 2.75) is 25.8 Å². The molecule has 4 heteroatoms. The molecule has 1 saturated heterocycles. The zero-order valence-electron chi connectivity index (χ0n) is 8.08. The molecule has 0 aromatic carbocycles. The van der Waals surface area contributed by atoms with Gasteiger partial charge >= 0.3 is 0 Å². The highest BCUT2D eigenvalue weighted by Gasteiger charge is 2.22. The Kier molecular flexibility index (Phi) is 4.18. The quantitative estimate of drug-likeness (QED) is 0.643. The van der Waals surface area contributed by atoms with Gasteiger partial charge in [0.2, 0.25) is 5.91 Å². The van der Waals surface area contributed by atoms with Gasteiger partial charge in [0.25, 0.3) is 0 Å². The molecule has 1 aliphatic rings. The van der Waals surface area contributed by atoms with Crippen LogP contribution >= 0.6 is 0 Å². The van der Waals surface area contributed by atoms with E-state index in [9.17, 15) is 4.79 Å². The second-order valence-electron chi connectivity index (χ2n) is 3.52. The molecule has 1 fully saturated rings. The molecule has 4 nitrogen and oxygen atoms in total. The lowest BCUT2D eigenvalue weighted by atomic mass is 10.0. The number of ether oxygens (including phenoxy) is 1. The number of hydrogen-bond acceptors (Lipinski definition) is 3. The number of nitrogens with one attached hydrogen (secondary N) is 1. The predicted molar refractivity (Wildman–Crippen MR) is 50.2 cm³/mol. The van der Waals surface area contributed by atoms with Crippen LogP contribution in [0, 0.1) is 5.92 Å². The van der Waals surface area contributed by atoms with E-state index in [2.05, 4.69) is 5.32 Å². The molecule has 76 valence electrons. The van der Waals surface area contributed by atoms with Crippen LogP contribution in [0.2, 0.25) is 0 Å². The first-order chi connectivity index (χ1) is 6.24. The average Bonchev–Trinajstić information content (AvgIpc) is 2.55. The largest absolute Gasteiger partial charge is 0.381 e. The second-order valence-corrected chi connectivity index (χ2v) is 3.52. The maximum Gasteiger partial charge on any atom is 0.221 e. The van der Waals surface area contributed by atoms with E-state index in [4.69, 9.17) is 10.5 Å². The Morgan fingerprint density at radius 1 is 1.77 bits per heavy atom. The molecule has 0 aromatic rings. The highest BCUT2D eigenvalue weighted by atomic mass is 16.5. The highest BCUT2D eigenvalue weighted by molar-refractivity contribution is 5.76. The van der Waals surface area contributed by atoms with Gasteiger partial charge in [-0.2, -0.15) is 0 Å². The Labute approximate surface area is 78.8 Å². The van der Waals surface area contributed by atoms with E-state index in [1.54, 1.807) is 0 Å². The topological polar surface area (TPSA) is 64.4 Å². The molecule has 0 spiro atoms. The monoisotopic (exact) mass is 186 g/mol. The molecule has 1 amide bonds. The van der Waals surface area contributed by atoms with Gasteiger partial charge in [-0.25, -0.2) is 0 Å². The van der Waals surface area contributed by atoms with Crippen LogP contribution in [0.15, 0.2) is 0 Å². The molecule has 0 aromatic heterocycles. The zero-order chi connectivity index (χ0) is 9.68. The lowest BCUT2D eigenvalue weighted by molar-refractivity contribution is -0.121. The Morgan fingerprint density at radius 2 is 2.54 bits per heavy atom. The summed E-state index contributed by atoms with van der Waals surface area (Å²) in [5.41, 5.74) is 5.27. The molecule has 3 N–H and O–H groups in total. The van der Waals surface area contributed by atoms with E-state index < -0.39 is 0 Å². The standard InChI is InChI=1S/C9H18N2O2/c1-7(8-3-5-13-6-8)11-9(12)2-4-10/h7-8H,2-6,10H2,1H3,(H,11,12). The summed E-state index contributed by atoms with van der Waals surface area (Å²) in [6.07, 6.45) is 1.46. The van der Waals surface area contributed by atoms with Gasteiger partial charge in [-0.3, -0.25) is 4.79 Å². The normalized spacial score (nSPS) is 24.3. The van der Waals surface area contributed by atoms with Crippen LogP contribution in [0.3, 0.4) is 0 Å². The van der Waals surface area contributed by atoms with Gasteiger partial charge in [0.1, 0.15) is 0 Å². The van der Waals surface area contributed by atoms with Gasteiger partial charge in [-0.05, 0) is 13.3 Å². The molecule has 0 aliphatic carbocycles. The molecule has 0 bridgehead atoms. The van der Waals surface area contributed by atoms with Crippen molar-refractivity contribution >= 4 is 5.91 Å². The summed E-state index contributed by atoms with van der Waals surface area (Å²) in [5.74, 6) is 0.517. The molecule has 1 aliphatic heterocycles. The van der Waals surface area contributed by atoms with Crippen molar-refractivity contribution in [1.82, 2.24) is 5.32 Å². The fourth-order valence-corrected chi connectivity index (χ4v) is 1.52. The van der Waals surface area contributed by atoms with Crippen molar-refractivity contribution < 1.29 is 9.53 Å². The zero-order valence-corrected chi connectivity index (χ0v) is 8.08. The SMILES string of the molecule is CC(NC(=O)CCN)C1CCOC1. The minimum atomic E-state index is 0.0434. The lowest BCUT2D eigenvalue weighted by Crippen LogP contribution is -2.39. The molecular formula is C9H18N2O2. The van der Waals surface area contributed by atoms with Crippen molar-refractivity contribution in [2.75, 3.05) is 19.8 Å². The fraction of sp³-hybridized carbons (Fsp3) is 0.889. The maximum atomic E-state index is 11.2. The Morgan fingerprint density at radius 3 is 3.08 bits per heavy atom. The van der Waals surface area contributed by atoms with E-state index in [-0.39, 0.29) is 11.9 Å². The molecular weight excluding hydrogens is 168 g/mol. The van der Waals surface area contributed by atoms with Crippen molar-refractivity contribution in [3.8, 4) is 0 Å². The van der Waals surface area contributed by atoms with E-state index in [0.717, 1.165) is 19.6 Å². The summed E-state index contributed by atoms with van der Waals surface area (Å²) < 4.78 is 5.24. The van der Waals surface area contributed by atoms with E-state index in [1.165, 1.54) is 0 Å². The summed E-state index contributed by atoms with van der Waals surface area (Å²) in [5, 5.41) is 2.92. The number of carbonyl (C=O) groups is 1. The third-order valence-corrected chi connectivity index (χ3v) is 2.43. The Hall–Kier alpha value is -0.610. The number of nitrogens with two attached hydrogens (primary N) is 1. The summed E-state index contributed by atoms with van der Waals surface area (Å²) >= 11 is 0. The first-order valence-electron chi connectivity index (χ1n) is 4.81. The third kappa shape index (κ3) is 3.32. The third-order valence-electron chi connectivity index (χ3n) is 2.43. The van der Waals surface area contributed by atoms with Crippen molar-refractivity contribution in [3.05, 3.63) is 0 Å². The van der Waals surface area contributed by atoms with Crippen LogP contribution in [0.1, 0.15) is 19.8 Å². The Balaban J connectivity index is 2.22. The van der Waals surface area contributed by atoms with Crippen LogP contribution in [0.25, 0.3) is 0 Å². The maximum absolute atomic E-state index is 11.2. The minimum Gasteiger partial charge on any atom is -0.381 e. The van der Waals surface area contributed by atoms with Crippen molar-refractivity contribution in [1.29, 1.82) is 0 Å². The average molecular weight is 186 g/mol. The van der Waals surface area contributed by atoms with Gasteiger partial charge in [0.05, 0.1) is 6.61 Å². The van der Waals surface area contributed by atoms with Gasteiger partial charge in [-0.1, -0.05) is 0 Å². The molecule has 2 unspecified atom stereocenters. The van der Waals surface area contributed by atoms with E-state index in [0.29, 0.717) is 18.9 Å². The number of rotatable bonds is 4. The summed E-state index contributed by atoms with van der Waals surface area (Å²) in [4.78, 5) is 11.2. The smallest absolute Gasteiger partial charge is 0.221 e. The predicted octanol–water partition coefficient (Wildman–Crippen LogP) is -0.124. The van der Waals surface area contributed by atoms with E-state index in [1.807, 2.05) is 6.92 Å². The molecule has 0 radical (unpaired) electrons. The van der Waals surface area contributed by atoms with E-state index >= 15 is 0 Å². The Bertz CT molecular complexity index is 167. The van der Waals surface area contributed by atoms with Crippen LogP contribution in [0.4, 0.5) is 0 Å². The van der Waals surface area contributed by atoms with Crippen LogP contribution in [-0.4, -0.2) is 31.7 Å². The summed E-state index contributed by atoms with van der Waals surface area (Å²) in [6.45, 7) is 4.03. The summed E-state index contributed by atoms with van der Waals surface area (Å²) in [7, 11) is 0. The van der Waals surface area contributed by atoms with Crippen molar-refractivity contribution in [2.24, 2.45) is 11.7 Å². The van der Waals surface area contributed by atoms with Crippen LogP contribution < -0.4 is 11.1 Å². The van der Waals surface area contributed by atoms with Gasteiger partial charge in [-0.15, -0.1) is 0 Å². The molecule has 1 rings (SSSR count). The minimum absolute atomic E-state index is 0.0434. The molecule has 2 atom stereocenters. The molecule has 13 heavy (non-hydrogen) atoms. The molecule has 1 heterocycles. The number of amides is 1. The summed E-state index contributed by atoms with van der Waals surface area (Å²) in [6, 6.07) is 0.210. The number of hydrogen-bond donors (Lipinski definition) is 2. The van der Waals surface area contributed by atoms with Crippen LogP contribution in [-0.2, 0) is 9.53 Å². The highest BCUT2D eigenvalue weighted by Crippen LogP contribution is 2.16. The van der Waals surface area contributed by atoms with Gasteiger partial charge < -0.3 is 15.8 Å². The van der Waals surface area contributed by atoms with Crippen LogP contribution in [0.5, 0.6) is 0 Å². The second kappa shape index (κ2) is 5.19. The lowest BCUT2D eigenvalue weighted by Gasteiger charge is -2.18. The van der Waals surface area contributed by atoms with Gasteiger partial charge in [0, 0.05) is 31.5 Å². The first kappa shape index (κ1) is 10.5. The molecule has 0 saturated carbocycles. The first-order valence-corrected chi connectivity index (χ1v) is 4.81. The van der Waals surface area contributed by atoms with Gasteiger partial charge in [0.15, 0.2) is 0 Å².